The van der Waals surface area contributed by atoms with Crippen LogP contribution < -0.4 is 9.80 Å². The number of benzene rings is 2. The second kappa shape index (κ2) is 9.63. The lowest BCUT2D eigenvalue weighted by Gasteiger charge is -2.36. The maximum absolute atomic E-state index is 13.4. The minimum atomic E-state index is -0.424. The molecule has 0 bridgehead atoms. The zero-order chi connectivity index (χ0) is 21.9. The Morgan fingerprint density at radius 2 is 1.62 bits per heavy atom. The van der Waals surface area contributed by atoms with Gasteiger partial charge >= 0.3 is 0 Å². The highest BCUT2D eigenvalue weighted by atomic mass is 16.5. The van der Waals surface area contributed by atoms with Gasteiger partial charge in [-0.05, 0) is 55.1 Å². The number of anilines is 2. The number of carbonyl (C=O) groups excluding carboxylic acids is 1. The Balaban J connectivity index is 1.29. The first-order valence-electron chi connectivity index (χ1n) is 12.2. The Bertz CT molecular complexity index is 915. The van der Waals surface area contributed by atoms with Crippen LogP contribution in [0.25, 0.3) is 0 Å². The van der Waals surface area contributed by atoms with Gasteiger partial charge in [0, 0.05) is 50.5 Å². The molecule has 32 heavy (non-hydrogen) atoms. The Kier molecular flexibility index (Phi) is 6.47. The Morgan fingerprint density at radius 3 is 2.38 bits per heavy atom. The van der Waals surface area contributed by atoms with Gasteiger partial charge in [-0.3, -0.25) is 4.79 Å². The summed E-state index contributed by atoms with van der Waals surface area (Å²) in [4.78, 5) is 20.1. The van der Waals surface area contributed by atoms with Crippen molar-refractivity contribution in [1.82, 2.24) is 4.90 Å². The molecule has 0 N–H and O–H groups in total. The number of morpholine rings is 1. The second-order valence-corrected chi connectivity index (χ2v) is 9.55. The first-order valence-corrected chi connectivity index (χ1v) is 12.2. The van der Waals surface area contributed by atoms with Crippen LogP contribution in [-0.4, -0.2) is 63.3 Å². The number of carbonyl (C=O) groups is 1. The maximum Gasteiger partial charge on any atom is 0.256 e. The smallest absolute Gasteiger partial charge is 0.256 e. The molecule has 3 aliphatic rings. The molecule has 5 rings (SSSR count). The van der Waals surface area contributed by atoms with E-state index in [0.29, 0.717) is 25.5 Å². The highest BCUT2D eigenvalue weighted by Gasteiger charge is 2.32. The van der Waals surface area contributed by atoms with Crippen LogP contribution in [0.15, 0.2) is 48.5 Å². The highest BCUT2D eigenvalue weighted by molar-refractivity contribution is 5.97. The normalized spacial score (nSPS) is 23.2. The van der Waals surface area contributed by atoms with E-state index in [4.69, 9.17) is 4.74 Å². The second-order valence-electron chi connectivity index (χ2n) is 9.55. The predicted octanol–water partition coefficient (Wildman–Crippen LogP) is 4.07. The molecule has 1 unspecified atom stereocenters. The first kappa shape index (κ1) is 21.5. The molecule has 0 radical (unpaired) electrons. The van der Waals surface area contributed by atoms with Gasteiger partial charge in [-0.1, -0.05) is 43.2 Å². The van der Waals surface area contributed by atoms with E-state index in [1.165, 1.54) is 42.5 Å². The molecule has 1 saturated carbocycles. The van der Waals surface area contributed by atoms with E-state index in [1.807, 2.05) is 4.90 Å². The number of piperazine rings is 1. The zero-order valence-corrected chi connectivity index (χ0v) is 19.2. The molecule has 1 amide bonds. The first-order chi connectivity index (χ1) is 15.7. The van der Waals surface area contributed by atoms with E-state index in [1.54, 1.807) is 0 Å². The molecule has 3 fully saturated rings. The van der Waals surface area contributed by atoms with Crippen molar-refractivity contribution in [1.29, 1.82) is 0 Å². The number of likely N-dealkylation sites (N-methyl/N-ethyl adjacent to an activating group) is 1. The largest absolute Gasteiger partial charge is 0.369 e. The van der Waals surface area contributed by atoms with Crippen molar-refractivity contribution >= 4 is 17.3 Å². The molecule has 0 aromatic heterocycles. The third-order valence-corrected chi connectivity index (χ3v) is 7.45. The molecule has 5 heteroatoms. The maximum atomic E-state index is 13.4. The topological polar surface area (TPSA) is 36.0 Å². The molecule has 1 atom stereocenters. The van der Waals surface area contributed by atoms with Crippen molar-refractivity contribution in [3.8, 4) is 0 Å². The van der Waals surface area contributed by atoms with E-state index in [0.717, 1.165) is 31.9 Å². The van der Waals surface area contributed by atoms with Crippen LogP contribution >= 0.6 is 0 Å². The number of nitrogens with zero attached hydrogens (tertiary/aromatic N) is 3. The summed E-state index contributed by atoms with van der Waals surface area (Å²) in [7, 11) is 2.17. The summed E-state index contributed by atoms with van der Waals surface area (Å²) in [6, 6.07) is 17.2. The van der Waals surface area contributed by atoms with E-state index in [-0.39, 0.29) is 5.91 Å². The lowest BCUT2D eigenvalue weighted by molar-refractivity contribution is -0.133. The van der Waals surface area contributed by atoms with Crippen molar-refractivity contribution in [2.45, 2.75) is 44.1 Å². The predicted molar refractivity (Wildman–Crippen MR) is 130 cm³/mol. The molecular formula is C27H35N3O2. The minimum absolute atomic E-state index is 0.0815. The van der Waals surface area contributed by atoms with Gasteiger partial charge in [0.15, 0.2) is 0 Å². The van der Waals surface area contributed by atoms with Gasteiger partial charge in [0.2, 0.25) is 0 Å². The molecule has 5 nitrogen and oxygen atoms in total. The van der Waals surface area contributed by atoms with Crippen LogP contribution in [0.2, 0.25) is 0 Å². The number of hydrogen-bond donors (Lipinski definition) is 0. The fraction of sp³-hybridized carbons (Fsp3) is 0.519. The van der Waals surface area contributed by atoms with Gasteiger partial charge in [0.25, 0.3) is 5.91 Å². The van der Waals surface area contributed by atoms with Gasteiger partial charge in [0.1, 0.15) is 6.10 Å². The summed E-state index contributed by atoms with van der Waals surface area (Å²) < 4.78 is 5.99. The fourth-order valence-electron chi connectivity index (χ4n) is 5.47. The highest BCUT2D eigenvalue weighted by Crippen LogP contribution is 2.35. The van der Waals surface area contributed by atoms with Gasteiger partial charge in [-0.15, -0.1) is 0 Å². The van der Waals surface area contributed by atoms with Crippen LogP contribution in [0, 0.1) is 0 Å². The van der Waals surface area contributed by atoms with Crippen molar-refractivity contribution < 1.29 is 9.53 Å². The van der Waals surface area contributed by atoms with Crippen LogP contribution in [0.5, 0.6) is 0 Å². The average molecular weight is 434 g/mol. The van der Waals surface area contributed by atoms with Crippen molar-refractivity contribution in [2.24, 2.45) is 0 Å². The standard InChI is InChI=1S/C27H35N3O2/c1-28-14-16-29(17-15-28)25-9-5-4-8-23(25)20-26-27(31)30(18-19-32-26)24-12-10-22(11-13-24)21-6-2-3-7-21/h4-5,8-13,21,26H,2-3,6-7,14-20H2,1H3. The monoisotopic (exact) mass is 433 g/mol. The van der Waals surface area contributed by atoms with Crippen LogP contribution in [-0.2, 0) is 16.0 Å². The molecular weight excluding hydrogens is 398 g/mol. The van der Waals surface area contributed by atoms with E-state index >= 15 is 0 Å². The lowest BCUT2D eigenvalue weighted by atomic mass is 9.97. The number of hydrogen-bond acceptors (Lipinski definition) is 4. The third kappa shape index (κ3) is 4.55. The van der Waals surface area contributed by atoms with Crippen molar-refractivity contribution in [2.75, 3.05) is 56.2 Å². The number of para-hydroxylation sites is 1. The summed E-state index contributed by atoms with van der Waals surface area (Å²) in [6.45, 7) is 5.38. The number of rotatable bonds is 5. The SMILES string of the molecule is CN1CCN(c2ccccc2CC2OCCN(c3ccc(C4CCCC4)cc3)C2=O)CC1. The van der Waals surface area contributed by atoms with Crippen molar-refractivity contribution in [3.63, 3.8) is 0 Å². The summed E-state index contributed by atoms with van der Waals surface area (Å²) in [5.74, 6) is 0.779. The third-order valence-electron chi connectivity index (χ3n) is 7.45. The molecule has 2 saturated heterocycles. The number of amides is 1. The minimum Gasteiger partial charge on any atom is -0.369 e. The summed E-state index contributed by atoms with van der Waals surface area (Å²) in [5.41, 5.74) is 4.87. The fourth-order valence-corrected chi connectivity index (χ4v) is 5.47. The molecule has 2 heterocycles. The van der Waals surface area contributed by atoms with Crippen LogP contribution in [0.4, 0.5) is 11.4 Å². The van der Waals surface area contributed by atoms with Gasteiger partial charge in [-0.2, -0.15) is 0 Å². The summed E-state index contributed by atoms with van der Waals surface area (Å²) >= 11 is 0. The Labute approximate surface area is 191 Å². The van der Waals surface area contributed by atoms with Crippen LogP contribution in [0.3, 0.4) is 0 Å². The number of ether oxygens (including phenoxy) is 1. The van der Waals surface area contributed by atoms with E-state index in [9.17, 15) is 4.79 Å². The zero-order valence-electron chi connectivity index (χ0n) is 19.2. The van der Waals surface area contributed by atoms with E-state index in [2.05, 4.69) is 65.4 Å². The average Bonchev–Trinajstić information content (AvgIpc) is 3.37. The van der Waals surface area contributed by atoms with E-state index < -0.39 is 6.10 Å². The molecule has 2 aromatic rings. The van der Waals surface area contributed by atoms with Gasteiger partial charge < -0.3 is 19.4 Å². The molecule has 2 aliphatic heterocycles. The lowest BCUT2D eigenvalue weighted by Crippen LogP contribution is -2.49. The summed E-state index contributed by atoms with van der Waals surface area (Å²) in [6.07, 6.45) is 5.47. The van der Waals surface area contributed by atoms with Gasteiger partial charge in [0.05, 0.1) is 6.61 Å². The molecule has 2 aromatic carbocycles. The van der Waals surface area contributed by atoms with Crippen molar-refractivity contribution in [3.05, 3.63) is 59.7 Å². The van der Waals surface area contributed by atoms with Crippen LogP contribution in [0.1, 0.15) is 42.7 Å². The molecule has 0 spiro atoms. The van der Waals surface area contributed by atoms with Gasteiger partial charge in [-0.25, -0.2) is 0 Å². The molecule has 1 aliphatic carbocycles. The Hall–Kier alpha value is -2.37. The molecule has 170 valence electrons. The summed E-state index contributed by atoms with van der Waals surface area (Å²) in [5, 5.41) is 0. The quantitative estimate of drug-likeness (QED) is 0.712. The Morgan fingerprint density at radius 1 is 0.906 bits per heavy atom.